The van der Waals surface area contributed by atoms with Gasteiger partial charge in [-0.25, -0.2) is 4.98 Å². The van der Waals surface area contributed by atoms with Gasteiger partial charge >= 0.3 is 0 Å². The zero-order valence-corrected chi connectivity index (χ0v) is 13.5. The van der Waals surface area contributed by atoms with Crippen LogP contribution in [-0.4, -0.2) is 16.2 Å². The molecule has 0 N–H and O–H groups in total. The van der Waals surface area contributed by atoms with Crippen molar-refractivity contribution in [3.8, 4) is 17.0 Å². The molecule has 4 heteroatoms. The molecule has 0 saturated carbocycles. The highest BCUT2D eigenvalue weighted by molar-refractivity contribution is 9.10. The van der Waals surface area contributed by atoms with E-state index < -0.39 is 0 Å². The Balaban J connectivity index is 2.03. The van der Waals surface area contributed by atoms with E-state index in [4.69, 9.17) is 9.72 Å². The molecule has 0 amide bonds. The molecule has 20 heavy (non-hydrogen) atoms. The van der Waals surface area contributed by atoms with E-state index in [0.717, 1.165) is 34.7 Å². The van der Waals surface area contributed by atoms with Gasteiger partial charge < -0.3 is 9.30 Å². The van der Waals surface area contributed by atoms with Crippen LogP contribution in [0.15, 0.2) is 22.9 Å². The number of aromatic nitrogens is 2. The summed E-state index contributed by atoms with van der Waals surface area (Å²) in [4.78, 5) is 4.72. The SMILES string of the molecule is CCOc1ccc(-c2nc(Br)n3c2CCCC3)cc1C. The molecule has 1 aliphatic heterocycles. The maximum Gasteiger partial charge on any atom is 0.177 e. The first kappa shape index (κ1) is 13.7. The Morgan fingerprint density at radius 3 is 2.95 bits per heavy atom. The first-order valence-corrected chi connectivity index (χ1v) is 7.98. The third-order valence-corrected chi connectivity index (χ3v) is 4.42. The summed E-state index contributed by atoms with van der Waals surface area (Å²) in [5.74, 6) is 0.961. The molecule has 3 nitrogen and oxygen atoms in total. The van der Waals surface area contributed by atoms with E-state index in [9.17, 15) is 0 Å². The first-order chi connectivity index (χ1) is 9.70. The zero-order valence-electron chi connectivity index (χ0n) is 11.9. The van der Waals surface area contributed by atoms with Crippen LogP contribution in [0, 0.1) is 6.92 Å². The number of ether oxygens (including phenoxy) is 1. The predicted molar refractivity (Wildman–Crippen MR) is 84.2 cm³/mol. The molecule has 0 unspecified atom stereocenters. The Morgan fingerprint density at radius 2 is 2.20 bits per heavy atom. The van der Waals surface area contributed by atoms with E-state index in [1.165, 1.54) is 24.1 Å². The van der Waals surface area contributed by atoms with E-state index >= 15 is 0 Å². The summed E-state index contributed by atoms with van der Waals surface area (Å²) < 4.78 is 8.86. The van der Waals surface area contributed by atoms with Gasteiger partial charge in [-0.1, -0.05) is 0 Å². The summed E-state index contributed by atoms with van der Waals surface area (Å²) in [7, 11) is 0. The summed E-state index contributed by atoms with van der Waals surface area (Å²) in [6, 6.07) is 6.34. The van der Waals surface area contributed by atoms with Gasteiger partial charge in [0.15, 0.2) is 4.73 Å². The van der Waals surface area contributed by atoms with Gasteiger partial charge in [0.05, 0.1) is 12.3 Å². The molecule has 1 aromatic carbocycles. The lowest BCUT2D eigenvalue weighted by Gasteiger charge is -2.16. The van der Waals surface area contributed by atoms with Crippen LogP contribution >= 0.6 is 15.9 Å². The summed E-state index contributed by atoms with van der Waals surface area (Å²) in [5.41, 5.74) is 4.81. The maximum absolute atomic E-state index is 5.61. The van der Waals surface area contributed by atoms with Crippen molar-refractivity contribution in [1.82, 2.24) is 9.55 Å². The number of aryl methyl sites for hydroxylation is 1. The lowest BCUT2D eigenvalue weighted by Crippen LogP contribution is -2.10. The first-order valence-electron chi connectivity index (χ1n) is 7.19. The minimum atomic E-state index is 0.700. The molecular weight excluding hydrogens is 316 g/mol. The fourth-order valence-electron chi connectivity index (χ4n) is 2.84. The van der Waals surface area contributed by atoms with Gasteiger partial charge in [0, 0.05) is 17.8 Å². The Kier molecular flexibility index (Phi) is 3.83. The van der Waals surface area contributed by atoms with Crippen LogP contribution in [-0.2, 0) is 13.0 Å². The minimum Gasteiger partial charge on any atom is -0.494 e. The van der Waals surface area contributed by atoms with E-state index in [0.29, 0.717) is 6.61 Å². The largest absolute Gasteiger partial charge is 0.494 e. The molecule has 0 radical (unpaired) electrons. The Bertz CT molecular complexity index is 634. The molecule has 106 valence electrons. The molecule has 0 fully saturated rings. The van der Waals surface area contributed by atoms with E-state index in [-0.39, 0.29) is 0 Å². The second-order valence-corrected chi connectivity index (χ2v) is 5.91. The summed E-state index contributed by atoms with van der Waals surface area (Å²) >= 11 is 3.59. The van der Waals surface area contributed by atoms with Crippen molar-refractivity contribution in [2.75, 3.05) is 6.61 Å². The topological polar surface area (TPSA) is 27.1 Å². The highest BCUT2D eigenvalue weighted by Gasteiger charge is 2.20. The van der Waals surface area contributed by atoms with Crippen LogP contribution in [0.2, 0.25) is 0 Å². The van der Waals surface area contributed by atoms with E-state index in [1.54, 1.807) is 0 Å². The summed E-state index contributed by atoms with van der Waals surface area (Å²) in [6.45, 7) is 5.87. The van der Waals surface area contributed by atoms with Crippen molar-refractivity contribution in [2.24, 2.45) is 0 Å². The number of hydrogen-bond acceptors (Lipinski definition) is 2. The van der Waals surface area contributed by atoms with Gasteiger partial charge in [-0.3, -0.25) is 0 Å². The number of benzene rings is 1. The standard InChI is InChI=1S/C16H19BrN2O/c1-3-20-14-8-7-12(10-11(14)2)15-13-6-4-5-9-19(13)16(17)18-15/h7-8,10H,3-6,9H2,1-2H3. The average molecular weight is 335 g/mol. The number of fused-ring (bicyclic) bond motifs is 1. The second-order valence-electron chi connectivity index (χ2n) is 5.20. The molecular formula is C16H19BrN2O. The highest BCUT2D eigenvalue weighted by Crippen LogP contribution is 2.33. The van der Waals surface area contributed by atoms with Gasteiger partial charge in [0.1, 0.15) is 5.75 Å². The van der Waals surface area contributed by atoms with E-state index in [1.807, 2.05) is 6.92 Å². The van der Waals surface area contributed by atoms with Gasteiger partial charge in [0.25, 0.3) is 0 Å². The molecule has 0 atom stereocenters. The number of halogens is 1. The monoisotopic (exact) mass is 334 g/mol. The lowest BCUT2D eigenvalue weighted by atomic mass is 10.0. The maximum atomic E-state index is 5.61. The predicted octanol–water partition coefficient (Wildman–Crippen LogP) is 4.36. The van der Waals surface area contributed by atoms with Crippen molar-refractivity contribution in [1.29, 1.82) is 0 Å². The Morgan fingerprint density at radius 1 is 1.35 bits per heavy atom. The molecule has 3 rings (SSSR count). The second kappa shape index (κ2) is 5.60. The van der Waals surface area contributed by atoms with E-state index in [2.05, 4.69) is 45.6 Å². The molecule has 0 saturated heterocycles. The fourth-order valence-corrected chi connectivity index (χ4v) is 3.41. The summed E-state index contributed by atoms with van der Waals surface area (Å²) in [5, 5.41) is 0. The van der Waals surface area contributed by atoms with Gasteiger partial charge in [-0.05, 0) is 72.8 Å². The number of hydrogen-bond donors (Lipinski definition) is 0. The van der Waals surface area contributed by atoms with Crippen molar-refractivity contribution in [2.45, 2.75) is 39.7 Å². The average Bonchev–Trinajstić information content (AvgIpc) is 2.79. The normalized spacial score (nSPS) is 14.2. The molecule has 2 heterocycles. The summed E-state index contributed by atoms with van der Waals surface area (Å²) in [6.07, 6.45) is 3.60. The third-order valence-electron chi connectivity index (χ3n) is 3.82. The minimum absolute atomic E-state index is 0.700. The smallest absolute Gasteiger partial charge is 0.177 e. The molecule has 1 aliphatic rings. The third kappa shape index (κ3) is 2.37. The van der Waals surface area contributed by atoms with Crippen LogP contribution in [0.25, 0.3) is 11.3 Å². The van der Waals surface area contributed by atoms with Crippen molar-refractivity contribution >= 4 is 15.9 Å². The van der Waals surface area contributed by atoms with Crippen LogP contribution in [0.1, 0.15) is 31.0 Å². The van der Waals surface area contributed by atoms with Gasteiger partial charge in [-0.15, -0.1) is 0 Å². The molecule has 1 aromatic heterocycles. The number of nitrogens with zero attached hydrogens (tertiary/aromatic N) is 2. The lowest BCUT2D eigenvalue weighted by molar-refractivity contribution is 0.338. The molecule has 0 bridgehead atoms. The van der Waals surface area contributed by atoms with Crippen LogP contribution in [0.4, 0.5) is 0 Å². The Hall–Kier alpha value is -1.29. The van der Waals surface area contributed by atoms with Crippen LogP contribution in [0.5, 0.6) is 5.75 Å². The highest BCUT2D eigenvalue weighted by atomic mass is 79.9. The Labute approximate surface area is 128 Å². The van der Waals surface area contributed by atoms with Crippen LogP contribution < -0.4 is 4.74 Å². The molecule has 0 spiro atoms. The van der Waals surface area contributed by atoms with Gasteiger partial charge in [-0.2, -0.15) is 0 Å². The van der Waals surface area contributed by atoms with Gasteiger partial charge in [0.2, 0.25) is 0 Å². The van der Waals surface area contributed by atoms with Crippen molar-refractivity contribution in [3.05, 3.63) is 34.2 Å². The van der Waals surface area contributed by atoms with Crippen molar-refractivity contribution in [3.63, 3.8) is 0 Å². The quantitative estimate of drug-likeness (QED) is 0.833. The number of rotatable bonds is 3. The van der Waals surface area contributed by atoms with Crippen molar-refractivity contribution < 1.29 is 4.74 Å². The molecule has 2 aromatic rings. The van der Waals surface area contributed by atoms with Crippen LogP contribution in [0.3, 0.4) is 0 Å². The molecule has 0 aliphatic carbocycles. The fraction of sp³-hybridized carbons (Fsp3) is 0.438. The number of imidazole rings is 1. The zero-order chi connectivity index (χ0) is 14.1.